The van der Waals surface area contributed by atoms with E-state index < -0.39 is 0 Å². The SMILES string of the molecule is CCc1ccnc(-c2cc(OC)c(C)c(OC)c2)c1. The lowest BCUT2D eigenvalue weighted by Crippen LogP contribution is -1.95. The Labute approximate surface area is 114 Å². The molecule has 19 heavy (non-hydrogen) atoms. The highest BCUT2D eigenvalue weighted by Crippen LogP contribution is 2.33. The highest BCUT2D eigenvalue weighted by molar-refractivity contribution is 5.66. The smallest absolute Gasteiger partial charge is 0.126 e. The number of hydrogen-bond donors (Lipinski definition) is 0. The Morgan fingerprint density at radius 2 is 1.68 bits per heavy atom. The summed E-state index contributed by atoms with van der Waals surface area (Å²) >= 11 is 0. The lowest BCUT2D eigenvalue weighted by atomic mass is 10.0. The topological polar surface area (TPSA) is 31.4 Å². The van der Waals surface area contributed by atoms with Crippen LogP contribution in [0.25, 0.3) is 11.3 Å². The maximum absolute atomic E-state index is 5.40. The first-order valence-electron chi connectivity index (χ1n) is 6.37. The number of pyridine rings is 1. The van der Waals surface area contributed by atoms with E-state index in [1.807, 2.05) is 31.3 Å². The van der Waals surface area contributed by atoms with Gasteiger partial charge < -0.3 is 9.47 Å². The van der Waals surface area contributed by atoms with E-state index in [1.54, 1.807) is 14.2 Å². The molecule has 0 spiro atoms. The first-order chi connectivity index (χ1) is 9.19. The second kappa shape index (κ2) is 5.74. The number of nitrogens with zero attached hydrogens (tertiary/aromatic N) is 1. The van der Waals surface area contributed by atoms with Crippen molar-refractivity contribution >= 4 is 0 Å². The Morgan fingerprint density at radius 1 is 1.05 bits per heavy atom. The van der Waals surface area contributed by atoms with Gasteiger partial charge in [0.15, 0.2) is 0 Å². The van der Waals surface area contributed by atoms with Crippen LogP contribution < -0.4 is 9.47 Å². The van der Waals surface area contributed by atoms with Crippen molar-refractivity contribution in [3.63, 3.8) is 0 Å². The van der Waals surface area contributed by atoms with Crippen LogP contribution >= 0.6 is 0 Å². The predicted molar refractivity (Wildman–Crippen MR) is 76.9 cm³/mol. The number of hydrogen-bond acceptors (Lipinski definition) is 3. The normalized spacial score (nSPS) is 10.3. The van der Waals surface area contributed by atoms with Gasteiger partial charge in [-0.1, -0.05) is 6.92 Å². The van der Waals surface area contributed by atoms with Crippen molar-refractivity contribution in [1.82, 2.24) is 4.98 Å². The van der Waals surface area contributed by atoms with E-state index in [4.69, 9.17) is 9.47 Å². The molecule has 100 valence electrons. The summed E-state index contributed by atoms with van der Waals surface area (Å²) in [6.07, 6.45) is 2.84. The average molecular weight is 257 g/mol. The fraction of sp³-hybridized carbons (Fsp3) is 0.312. The third kappa shape index (κ3) is 2.70. The molecule has 1 aromatic heterocycles. The summed E-state index contributed by atoms with van der Waals surface area (Å²) in [5.74, 6) is 1.64. The molecule has 3 nitrogen and oxygen atoms in total. The molecule has 0 aliphatic heterocycles. The number of methoxy groups -OCH3 is 2. The average Bonchev–Trinajstić information content (AvgIpc) is 2.47. The molecule has 2 rings (SSSR count). The second-order valence-electron chi connectivity index (χ2n) is 4.41. The van der Waals surface area contributed by atoms with E-state index >= 15 is 0 Å². The molecule has 0 aliphatic rings. The Balaban J connectivity index is 2.55. The molecule has 2 aromatic rings. The van der Waals surface area contributed by atoms with Crippen LogP contribution in [0.4, 0.5) is 0 Å². The number of aryl methyl sites for hydroxylation is 1. The molecule has 0 radical (unpaired) electrons. The predicted octanol–water partition coefficient (Wildman–Crippen LogP) is 3.64. The highest BCUT2D eigenvalue weighted by Gasteiger charge is 2.10. The van der Waals surface area contributed by atoms with Crippen LogP contribution in [0, 0.1) is 6.92 Å². The van der Waals surface area contributed by atoms with Gasteiger partial charge in [0.25, 0.3) is 0 Å². The third-order valence-corrected chi connectivity index (χ3v) is 3.28. The number of ether oxygens (including phenoxy) is 2. The van der Waals surface area contributed by atoms with Gasteiger partial charge in [0, 0.05) is 17.3 Å². The zero-order chi connectivity index (χ0) is 13.8. The molecule has 0 saturated carbocycles. The molecule has 1 heterocycles. The Morgan fingerprint density at radius 3 is 2.21 bits per heavy atom. The molecule has 1 aromatic carbocycles. The van der Waals surface area contributed by atoms with Gasteiger partial charge in [-0.15, -0.1) is 0 Å². The summed E-state index contributed by atoms with van der Waals surface area (Å²) in [7, 11) is 3.34. The minimum atomic E-state index is 0.818. The minimum absolute atomic E-state index is 0.818. The largest absolute Gasteiger partial charge is 0.496 e. The van der Waals surface area contributed by atoms with Gasteiger partial charge in [-0.3, -0.25) is 4.98 Å². The third-order valence-electron chi connectivity index (χ3n) is 3.28. The number of benzene rings is 1. The fourth-order valence-electron chi connectivity index (χ4n) is 2.09. The number of aromatic nitrogens is 1. The lowest BCUT2D eigenvalue weighted by molar-refractivity contribution is 0.389. The van der Waals surface area contributed by atoms with Crippen molar-refractivity contribution in [2.45, 2.75) is 20.3 Å². The molecule has 0 saturated heterocycles. The van der Waals surface area contributed by atoms with Crippen molar-refractivity contribution in [3.05, 3.63) is 41.6 Å². The Hall–Kier alpha value is -2.03. The van der Waals surface area contributed by atoms with E-state index in [9.17, 15) is 0 Å². The first-order valence-corrected chi connectivity index (χ1v) is 6.37. The molecular weight excluding hydrogens is 238 g/mol. The highest BCUT2D eigenvalue weighted by atomic mass is 16.5. The standard InChI is InChI=1S/C16H19NO2/c1-5-12-6-7-17-14(8-12)13-9-15(18-3)11(2)16(10-13)19-4/h6-10H,5H2,1-4H3. The van der Waals surface area contributed by atoms with Crippen LogP contribution in [0.1, 0.15) is 18.1 Å². The molecule has 3 heteroatoms. The van der Waals surface area contributed by atoms with Gasteiger partial charge in [0.2, 0.25) is 0 Å². The minimum Gasteiger partial charge on any atom is -0.496 e. The summed E-state index contributed by atoms with van der Waals surface area (Å²) in [6.45, 7) is 4.12. The molecule has 0 fully saturated rings. The van der Waals surface area contributed by atoms with Gasteiger partial charge in [-0.25, -0.2) is 0 Å². The van der Waals surface area contributed by atoms with Crippen molar-refractivity contribution in [3.8, 4) is 22.8 Å². The summed E-state index contributed by atoms with van der Waals surface area (Å²) in [6, 6.07) is 8.13. The van der Waals surface area contributed by atoms with E-state index in [-0.39, 0.29) is 0 Å². The summed E-state index contributed by atoms with van der Waals surface area (Å²) < 4.78 is 10.8. The van der Waals surface area contributed by atoms with Gasteiger partial charge >= 0.3 is 0 Å². The molecule has 0 unspecified atom stereocenters. The second-order valence-corrected chi connectivity index (χ2v) is 4.41. The van der Waals surface area contributed by atoms with E-state index in [0.29, 0.717) is 0 Å². The van der Waals surface area contributed by atoms with Crippen LogP contribution in [-0.2, 0) is 6.42 Å². The zero-order valence-corrected chi connectivity index (χ0v) is 11.9. The van der Waals surface area contributed by atoms with Crippen molar-refractivity contribution in [2.24, 2.45) is 0 Å². The Kier molecular flexibility index (Phi) is 4.05. The van der Waals surface area contributed by atoms with Crippen LogP contribution in [-0.4, -0.2) is 19.2 Å². The summed E-state index contributed by atoms with van der Waals surface area (Å²) in [5, 5.41) is 0. The fourth-order valence-corrected chi connectivity index (χ4v) is 2.09. The summed E-state index contributed by atoms with van der Waals surface area (Å²) in [5.41, 5.74) is 4.22. The van der Waals surface area contributed by atoms with E-state index in [1.165, 1.54) is 5.56 Å². The maximum atomic E-state index is 5.40. The summed E-state index contributed by atoms with van der Waals surface area (Å²) in [4.78, 5) is 4.43. The van der Waals surface area contributed by atoms with E-state index in [2.05, 4.69) is 18.0 Å². The molecule has 0 N–H and O–H groups in total. The van der Waals surface area contributed by atoms with Crippen LogP contribution in [0.15, 0.2) is 30.5 Å². The van der Waals surface area contributed by atoms with Crippen molar-refractivity contribution < 1.29 is 9.47 Å². The van der Waals surface area contributed by atoms with Gasteiger partial charge in [-0.2, -0.15) is 0 Å². The monoisotopic (exact) mass is 257 g/mol. The van der Waals surface area contributed by atoms with E-state index in [0.717, 1.165) is 34.7 Å². The van der Waals surface area contributed by atoms with Crippen molar-refractivity contribution in [2.75, 3.05) is 14.2 Å². The molecular formula is C16H19NO2. The zero-order valence-electron chi connectivity index (χ0n) is 11.9. The first kappa shape index (κ1) is 13.4. The van der Waals surface area contributed by atoms with Gasteiger partial charge in [0.05, 0.1) is 19.9 Å². The van der Waals surface area contributed by atoms with Gasteiger partial charge in [0.1, 0.15) is 11.5 Å². The molecule has 0 amide bonds. The lowest BCUT2D eigenvalue weighted by Gasteiger charge is -2.12. The van der Waals surface area contributed by atoms with Crippen LogP contribution in [0.2, 0.25) is 0 Å². The molecule has 0 atom stereocenters. The number of rotatable bonds is 4. The van der Waals surface area contributed by atoms with Gasteiger partial charge in [-0.05, 0) is 43.2 Å². The molecule has 0 bridgehead atoms. The Bertz CT molecular complexity index is 554. The molecule has 0 aliphatic carbocycles. The van der Waals surface area contributed by atoms with Crippen molar-refractivity contribution in [1.29, 1.82) is 0 Å². The van der Waals surface area contributed by atoms with Crippen LogP contribution in [0.5, 0.6) is 11.5 Å². The maximum Gasteiger partial charge on any atom is 0.126 e. The van der Waals surface area contributed by atoms with Crippen LogP contribution in [0.3, 0.4) is 0 Å². The quantitative estimate of drug-likeness (QED) is 0.838.